The summed E-state index contributed by atoms with van der Waals surface area (Å²) >= 11 is 0.623. The summed E-state index contributed by atoms with van der Waals surface area (Å²) in [4.78, 5) is 19.0. The fourth-order valence-electron chi connectivity index (χ4n) is 5.13. The smallest absolute Gasteiger partial charge is 0.291 e. The molecule has 0 unspecified atom stereocenters. The summed E-state index contributed by atoms with van der Waals surface area (Å²) in [5.74, 6) is 0.121. The zero-order valence-corrected chi connectivity index (χ0v) is 24.1. The van der Waals surface area contributed by atoms with Crippen molar-refractivity contribution >= 4 is 50.0 Å². The quantitative estimate of drug-likeness (QED) is 0.364. The number of anilines is 3. The SMILES string of the molecule is CN1CCC(C(=O)N2CCN(c3cc(S(=O)(=O)NC4(C#N)CC4)cc(Nc4nnc(C(F)F)s4)c3C=N)CC2)CC1.[HH]. The van der Waals surface area contributed by atoms with E-state index < -0.39 is 27.0 Å². The molecule has 1 aromatic carbocycles. The Hall–Kier alpha value is -3.26. The van der Waals surface area contributed by atoms with Crippen LogP contribution in [0, 0.1) is 22.7 Å². The number of halogens is 2. The number of amides is 1. The largest absolute Gasteiger partial charge is 0.367 e. The monoisotopic (exact) mass is 609 g/mol. The van der Waals surface area contributed by atoms with Crippen molar-refractivity contribution in [1.29, 1.82) is 10.7 Å². The van der Waals surface area contributed by atoms with E-state index in [0.717, 1.165) is 32.1 Å². The summed E-state index contributed by atoms with van der Waals surface area (Å²) in [7, 11) is -2.11. The summed E-state index contributed by atoms with van der Waals surface area (Å²) in [5, 5.41) is 27.2. The van der Waals surface area contributed by atoms with Gasteiger partial charge in [-0.3, -0.25) is 4.79 Å². The van der Waals surface area contributed by atoms with Crippen molar-refractivity contribution in [3.63, 3.8) is 0 Å². The molecule has 2 aromatic rings. The maximum Gasteiger partial charge on any atom is 0.291 e. The molecule has 16 heteroatoms. The fourth-order valence-corrected chi connectivity index (χ4v) is 7.17. The third-order valence-corrected chi connectivity index (χ3v) is 10.1. The first-order valence-corrected chi connectivity index (χ1v) is 15.6. The molecule has 222 valence electrons. The van der Waals surface area contributed by atoms with E-state index in [9.17, 15) is 27.3 Å². The Balaban J connectivity index is 0.00000405. The summed E-state index contributed by atoms with van der Waals surface area (Å²) in [6.07, 6.45) is 0.675. The van der Waals surface area contributed by atoms with E-state index in [2.05, 4.69) is 25.1 Å². The van der Waals surface area contributed by atoms with Crippen LogP contribution in [0.4, 0.5) is 25.3 Å². The highest BCUT2D eigenvalue weighted by Crippen LogP contribution is 2.38. The number of piperidine rings is 1. The van der Waals surface area contributed by atoms with E-state index in [1.54, 1.807) is 0 Å². The molecule has 3 N–H and O–H groups in total. The number of carbonyl (C=O) groups is 1. The van der Waals surface area contributed by atoms with Gasteiger partial charge in [-0.05, 0) is 58.0 Å². The topological polar surface area (TPSA) is 158 Å². The zero-order valence-electron chi connectivity index (χ0n) is 22.4. The van der Waals surface area contributed by atoms with Gasteiger partial charge >= 0.3 is 0 Å². The molecular formula is C25H33F2N9O3S2. The first-order chi connectivity index (χ1) is 19.5. The Bertz CT molecular complexity index is 1460. The van der Waals surface area contributed by atoms with Gasteiger partial charge in [0.15, 0.2) is 5.01 Å². The molecular weight excluding hydrogens is 576 g/mol. The minimum atomic E-state index is -4.16. The molecule has 0 spiro atoms. The van der Waals surface area contributed by atoms with Gasteiger partial charge in [0.2, 0.25) is 21.1 Å². The van der Waals surface area contributed by atoms with Crippen LogP contribution >= 0.6 is 11.3 Å². The van der Waals surface area contributed by atoms with Crippen LogP contribution < -0.4 is 14.9 Å². The van der Waals surface area contributed by atoms with Crippen LogP contribution in [0.3, 0.4) is 0 Å². The van der Waals surface area contributed by atoms with E-state index in [1.165, 1.54) is 12.1 Å². The van der Waals surface area contributed by atoms with Crippen LogP contribution in [0.15, 0.2) is 17.0 Å². The van der Waals surface area contributed by atoms with Crippen LogP contribution in [-0.2, 0) is 14.8 Å². The van der Waals surface area contributed by atoms with E-state index in [0.29, 0.717) is 61.6 Å². The van der Waals surface area contributed by atoms with Gasteiger partial charge in [-0.1, -0.05) is 11.3 Å². The maximum atomic E-state index is 13.4. The summed E-state index contributed by atoms with van der Waals surface area (Å²) in [5.41, 5.74) is -0.231. The van der Waals surface area contributed by atoms with Crippen molar-refractivity contribution in [1.82, 2.24) is 24.7 Å². The average molecular weight is 610 g/mol. The lowest BCUT2D eigenvalue weighted by Gasteiger charge is -2.39. The number of carbonyl (C=O) groups excluding carboxylic acids is 1. The Morgan fingerprint density at radius 3 is 2.46 bits per heavy atom. The van der Waals surface area contributed by atoms with Crippen molar-refractivity contribution in [3.8, 4) is 6.07 Å². The predicted molar refractivity (Wildman–Crippen MR) is 152 cm³/mol. The molecule has 2 aliphatic heterocycles. The highest BCUT2D eigenvalue weighted by atomic mass is 32.2. The second-order valence-electron chi connectivity index (χ2n) is 10.6. The summed E-state index contributed by atoms with van der Waals surface area (Å²) in [6, 6.07) is 4.75. The molecule has 1 aliphatic carbocycles. The van der Waals surface area contributed by atoms with Crippen LogP contribution in [-0.4, -0.2) is 92.4 Å². The first kappa shape index (κ1) is 29.2. The minimum Gasteiger partial charge on any atom is -0.367 e. The number of hydrogen-bond acceptors (Lipinski definition) is 11. The molecule has 1 amide bonds. The normalized spacial score (nSPS) is 19.7. The molecule has 12 nitrogen and oxygen atoms in total. The first-order valence-electron chi connectivity index (χ1n) is 13.3. The Labute approximate surface area is 242 Å². The number of likely N-dealkylation sites (tertiary alicyclic amines) is 1. The molecule has 0 radical (unpaired) electrons. The van der Waals surface area contributed by atoms with Crippen LogP contribution in [0.2, 0.25) is 0 Å². The summed E-state index contributed by atoms with van der Waals surface area (Å²) in [6.45, 7) is 3.45. The van der Waals surface area contributed by atoms with Crippen LogP contribution in [0.5, 0.6) is 0 Å². The number of aromatic nitrogens is 2. The number of sulfonamides is 1. The summed E-state index contributed by atoms with van der Waals surface area (Å²) < 4.78 is 55.4. The lowest BCUT2D eigenvalue weighted by Crippen LogP contribution is -2.51. The number of nitrogens with zero attached hydrogens (tertiary/aromatic N) is 6. The van der Waals surface area contributed by atoms with E-state index in [4.69, 9.17) is 5.41 Å². The van der Waals surface area contributed by atoms with Gasteiger partial charge in [0.25, 0.3) is 6.43 Å². The molecule has 1 aromatic heterocycles. The van der Waals surface area contributed by atoms with Gasteiger partial charge < -0.3 is 25.4 Å². The van der Waals surface area contributed by atoms with E-state index >= 15 is 0 Å². The molecule has 3 heterocycles. The fraction of sp³-hybridized carbons (Fsp3) is 0.560. The Morgan fingerprint density at radius 2 is 1.90 bits per heavy atom. The van der Waals surface area contributed by atoms with E-state index in [1.807, 2.05) is 22.9 Å². The lowest BCUT2D eigenvalue weighted by molar-refractivity contribution is -0.137. The van der Waals surface area contributed by atoms with Gasteiger partial charge in [0.05, 0.1) is 16.7 Å². The molecule has 3 aliphatic rings. The highest BCUT2D eigenvalue weighted by Gasteiger charge is 2.47. The second kappa shape index (κ2) is 11.6. The number of piperazine rings is 1. The molecule has 5 rings (SSSR count). The molecule has 0 bridgehead atoms. The number of rotatable bonds is 9. The second-order valence-corrected chi connectivity index (χ2v) is 13.3. The van der Waals surface area contributed by atoms with Gasteiger partial charge in [-0.25, -0.2) is 17.2 Å². The average Bonchev–Trinajstić information content (AvgIpc) is 3.56. The van der Waals surface area contributed by atoms with Crippen LogP contribution in [0.1, 0.15) is 44.1 Å². The Kier molecular flexibility index (Phi) is 8.24. The van der Waals surface area contributed by atoms with Gasteiger partial charge in [0.1, 0.15) is 5.54 Å². The van der Waals surface area contributed by atoms with Crippen molar-refractivity contribution in [2.24, 2.45) is 5.92 Å². The van der Waals surface area contributed by atoms with Gasteiger partial charge in [-0.15, -0.1) is 10.2 Å². The van der Waals surface area contributed by atoms with Crippen molar-refractivity contribution in [2.45, 2.75) is 42.5 Å². The number of nitrogens with one attached hydrogen (secondary N) is 3. The lowest BCUT2D eigenvalue weighted by atomic mass is 9.95. The number of benzene rings is 1. The van der Waals surface area contributed by atoms with Gasteiger partial charge in [-0.2, -0.15) is 9.98 Å². The van der Waals surface area contributed by atoms with E-state index in [-0.39, 0.29) is 29.0 Å². The molecule has 3 fully saturated rings. The standard InChI is InChI=1S/C25H31F2N9O3S2.H2/c1-34-6-2-16(3-7-34)23(37)36-10-8-35(9-11-36)20-13-17(41(38,39)33-25(15-29)4-5-25)12-19(18(20)14-28)30-24-32-31-22(40-24)21(26)27;/h12-14,16,21,28,33H,2-11H2,1H3,(H,30,32);1H. The van der Waals surface area contributed by atoms with Crippen LogP contribution in [0.25, 0.3) is 0 Å². The van der Waals surface area contributed by atoms with Crippen molar-refractivity contribution in [3.05, 3.63) is 22.7 Å². The maximum absolute atomic E-state index is 13.4. The van der Waals surface area contributed by atoms with Crippen molar-refractivity contribution in [2.75, 3.05) is 56.5 Å². The number of hydrogen-bond donors (Lipinski definition) is 3. The minimum absolute atomic E-state index is 0. The third-order valence-electron chi connectivity index (χ3n) is 7.75. The molecule has 0 atom stereocenters. The highest BCUT2D eigenvalue weighted by molar-refractivity contribution is 7.89. The number of nitriles is 1. The third kappa shape index (κ3) is 6.32. The van der Waals surface area contributed by atoms with Crippen molar-refractivity contribution < 1.29 is 23.4 Å². The molecule has 2 saturated heterocycles. The molecule has 1 saturated carbocycles. The van der Waals surface area contributed by atoms with Gasteiger partial charge in [0, 0.05) is 51.0 Å². The predicted octanol–water partition coefficient (Wildman–Crippen LogP) is 2.79. The Morgan fingerprint density at radius 1 is 1.22 bits per heavy atom. The number of alkyl halides is 2. The zero-order chi connectivity index (χ0) is 29.4. The molecule has 41 heavy (non-hydrogen) atoms.